The summed E-state index contributed by atoms with van der Waals surface area (Å²) >= 11 is 0. The molecule has 8 heteroatoms. The van der Waals surface area contributed by atoms with E-state index >= 15 is 0 Å². The van der Waals surface area contributed by atoms with E-state index in [0.717, 1.165) is 11.1 Å². The Morgan fingerprint density at radius 3 is 1.23 bits per heavy atom. The SMILES string of the molecule is Cc1cc(C)c(S(=O)(=O)OC[C@@H]2C[C@H]2COS(=O)(=O)c2c(C)cc(C)cc2C)c(C)c1. The molecule has 170 valence electrons. The summed E-state index contributed by atoms with van der Waals surface area (Å²) in [6, 6.07) is 7.27. The van der Waals surface area contributed by atoms with Gasteiger partial charge in [-0.1, -0.05) is 35.4 Å². The van der Waals surface area contributed by atoms with Crippen LogP contribution in [0.4, 0.5) is 0 Å². The molecule has 1 saturated carbocycles. The van der Waals surface area contributed by atoms with E-state index in [4.69, 9.17) is 8.37 Å². The number of rotatable bonds is 8. The van der Waals surface area contributed by atoms with Crippen molar-refractivity contribution in [3.63, 3.8) is 0 Å². The minimum absolute atomic E-state index is 0.0196. The smallest absolute Gasteiger partial charge is 0.266 e. The molecule has 2 aromatic carbocycles. The molecular weight excluding hydrogens is 436 g/mol. The molecule has 6 nitrogen and oxygen atoms in total. The Labute approximate surface area is 185 Å². The van der Waals surface area contributed by atoms with Crippen LogP contribution in [-0.2, 0) is 28.6 Å². The normalized spacial score (nSPS) is 18.9. The van der Waals surface area contributed by atoms with Crippen molar-refractivity contribution in [1.82, 2.24) is 0 Å². The molecule has 1 aliphatic rings. The van der Waals surface area contributed by atoms with Crippen LogP contribution in [0.2, 0.25) is 0 Å². The molecule has 1 fully saturated rings. The Kier molecular flexibility index (Phi) is 6.68. The Morgan fingerprint density at radius 1 is 0.645 bits per heavy atom. The summed E-state index contributed by atoms with van der Waals surface area (Å²) in [7, 11) is -7.76. The summed E-state index contributed by atoms with van der Waals surface area (Å²) in [5, 5.41) is 0. The van der Waals surface area contributed by atoms with E-state index in [2.05, 4.69) is 0 Å². The molecular formula is C23H30O6S2. The standard InChI is InChI=1S/C23H30O6S2/c1-14-7-16(3)22(17(4)8-14)30(24,25)28-12-20-11-21(20)13-29-31(26,27)23-18(5)9-15(2)10-19(23)6/h7-10,20-21H,11-13H2,1-6H3/t20-,21-/m0/s1. The van der Waals surface area contributed by atoms with Gasteiger partial charge in [0.25, 0.3) is 20.2 Å². The van der Waals surface area contributed by atoms with Gasteiger partial charge in [0.05, 0.1) is 23.0 Å². The van der Waals surface area contributed by atoms with Crippen molar-refractivity contribution < 1.29 is 25.2 Å². The fourth-order valence-electron chi connectivity index (χ4n) is 4.31. The predicted octanol–water partition coefficient (Wildman–Crippen LogP) is 4.28. The van der Waals surface area contributed by atoms with Gasteiger partial charge in [-0.3, -0.25) is 8.37 Å². The molecule has 2 atom stereocenters. The lowest BCUT2D eigenvalue weighted by atomic mass is 10.1. The molecule has 0 bridgehead atoms. The molecule has 1 aliphatic carbocycles. The number of hydrogen-bond acceptors (Lipinski definition) is 6. The highest BCUT2D eigenvalue weighted by molar-refractivity contribution is 7.87. The quantitative estimate of drug-likeness (QED) is 0.540. The van der Waals surface area contributed by atoms with Crippen molar-refractivity contribution in [3.05, 3.63) is 57.6 Å². The second-order valence-corrected chi connectivity index (χ2v) is 11.8. The average Bonchev–Trinajstić information content (AvgIpc) is 3.34. The zero-order chi connectivity index (χ0) is 23.1. The first-order valence-corrected chi connectivity index (χ1v) is 13.1. The maximum Gasteiger partial charge on any atom is 0.297 e. The van der Waals surface area contributed by atoms with E-state index in [1.165, 1.54) is 0 Å². The number of benzene rings is 2. The first-order chi connectivity index (χ1) is 14.3. The lowest BCUT2D eigenvalue weighted by Gasteiger charge is -2.13. The fraction of sp³-hybridized carbons (Fsp3) is 0.478. The third-order valence-electron chi connectivity index (χ3n) is 5.65. The van der Waals surface area contributed by atoms with Crippen LogP contribution in [0.3, 0.4) is 0 Å². The molecule has 0 aliphatic heterocycles. The molecule has 0 unspecified atom stereocenters. The van der Waals surface area contributed by atoms with Gasteiger partial charge in [0.1, 0.15) is 0 Å². The second kappa shape index (κ2) is 8.65. The zero-order valence-corrected chi connectivity index (χ0v) is 20.5. The summed E-state index contributed by atoms with van der Waals surface area (Å²) in [6.45, 7) is 10.9. The van der Waals surface area contributed by atoms with Gasteiger partial charge in [-0.25, -0.2) is 0 Å². The Hall–Kier alpha value is -1.74. The molecule has 0 amide bonds. The van der Waals surface area contributed by atoms with Crippen molar-refractivity contribution >= 4 is 20.2 Å². The minimum Gasteiger partial charge on any atom is -0.266 e. The van der Waals surface area contributed by atoms with Gasteiger partial charge in [-0.2, -0.15) is 16.8 Å². The summed E-state index contributed by atoms with van der Waals surface area (Å²) in [6.07, 6.45) is 0.669. The molecule has 0 spiro atoms. The van der Waals surface area contributed by atoms with E-state index in [-0.39, 0.29) is 34.8 Å². The first kappa shape index (κ1) is 23.9. The molecule has 0 N–H and O–H groups in total. The lowest BCUT2D eigenvalue weighted by molar-refractivity contribution is 0.261. The highest BCUT2D eigenvalue weighted by Gasteiger charge is 2.40. The largest absolute Gasteiger partial charge is 0.297 e. The van der Waals surface area contributed by atoms with Gasteiger partial charge in [0.15, 0.2) is 0 Å². The summed E-state index contributed by atoms with van der Waals surface area (Å²) in [4.78, 5) is 0.416. The Balaban J connectivity index is 1.59. The molecule has 0 radical (unpaired) electrons. The lowest BCUT2D eigenvalue weighted by Crippen LogP contribution is -2.15. The van der Waals surface area contributed by atoms with Crippen LogP contribution in [0.1, 0.15) is 39.8 Å². The molecule has 3 rings (SSSR count). The monoisotopic (exact) mass is 466 g/mol. The first-order valence-electron chi connectivity index (χ1n) is 10.3. The van der Waals surface area contributed by atoms with E-state index in [1.807, 2.05) is 38.1 Å². The van der Waals surface area contributed by atoms with Crippen LogP contribution in [0.25, 0.3) is 0 Å². The summed E-state index contributed by atoms with van der Waals surface area (Å²) in [5.74, 6) is -0.0903. The maximum atomic E-state index is 12.7. The van der Waals surface area contributed by atoms with E-state index < -0.39 is 20.2 Å². The molecule has 2 aromatic rings. The average molecular weight is 467 g/mol. The van der Waals surface area contributed by atoms with Crippen LogP contribution in [0.5, 0.6) is 0 Å². The molecule has 0 saturated heterocycles. The van der Waals surface area contributed by atoms with Crippen molar-refractivity contribution in [3.8, 4) is 0 Å². The van der Waals surface area contributed by atoms with E-state index in [9.17, 15) is 16.8 Å². The van der Waals surface area contributed by atoms with E-state index in [1.54, 1.807) is 27.7 Å². The molecule has 31 heavy (non-hydrogen) atoms. The third kappa shape index (κ3) is 5.37. The van der Waals surface area contributed by atoms with Crippen LogP contribution in [-0.4, -0.2) is 30.0 Å². The zero-order valence-electron chi connectivity index (χ0n) is 18.9. The summed E-state index contributed by atoms with van der Waals surface area (Å²) < 4.78 is 61.3. The third-order valence-corrected chi connectivity index (χ3v) is 8.83. The van der Waals surface area contributed by atoms with Crippen molar-refractivity contribution in [1.29, 1.82) is 0 Å². The molecule has 0 heterocycles. The predicted molar refractivity (Wildman–Crippen MR) is 119 cm³/mol. The highest BCUT2D eigenvalue weighted by Crippen LogP contribution is 2.40. The van der Waals surface area contributed by atoms with Crippen LogP contribution in [0.15, 0.2) is 34.1 Å². The Morgan fingerprint density at radius 2 is 0.935 bits per heavy atom. The van der Waals surface area contributed by atoms with Gasteiger partial charge >= 0.3 is 0 Å². The van der Waals surface area contributed by atoms with Crippen LogP contribution >= 0.6 is 0 Å². The number of aryl methyl sites for hydroxylation is 6. The minimum atomic E-state index is -3.88. The Bertz CT molecular complexity index is 1070. The van der Waals surface area contributed by atoms with Crippen molar-refractivity contribution in [2.75, 3.05) is 13.2 Å². The van der Waals surface area contributed by atoms with Gasteiger partial charge in [-0.15, -0.1) is 0 Å². The van der Waals surface area contributed by atoms with Gasteiger partial charge in [0, 0.05) is 0 Å². The highest BCUT2D eigenvalue weighted by atomic mass is 32.2. The van der Waals surface area contributed by atoms with Crippen LogP contribution in [0, 0.1) is 53.4 Å². The van der Waals surface area contributed by atoms with Crippen molar-refractivity contribution in [2.24, 2.45) is 11.8 Å². The van der Waals surface area contributed by atoms with Crippen molar-refractivity contribution in [2.45, 2.75) is 57.8 Å². The summed E-state index contributed by atoms with van der Waals surface area (Å²) in [5.41, 5.74) is 4.61. The van der Waals surface area contributed by atoms with E-state index in [0.29, 0.717) is 28.7 Å². The fourth-order valence-corrected chi connectivity index (χ4v) is 7.07. The maximum absolute atomic E-state index is 12.7. The molecule has 0 aromatic heterocycles. The van der Waals surface area contributed by atoms with Gasteiger partial charge in [-0.05, 0) is 82.1 Å². The van der Waals surface area contributed by atoms with Gasteiger partial charge in [0.2, 0.25) is 0 Å². The van der Waals surface area contributed by atoms with Crippen LogP contribution < -0.4 is 0 Å². The second-order valence-electron chi connectivity index (χ2n) is 8.69. The topological polar surface area (TPSA) is 86.7 Å². The van der Waals surface area contributed by atoms with Gasteiger partial charge < -0.3 is 0 Å². The number of hydrogen-bond donors (Lipinski definition) is 0.